The molecule has 0 radical (unpaired) electrons. The Kier molecular flexibility index (Phi) is 3.50. The molecule has 4 rings (SSSR count). The number of allylic oxidation sites excluding steroid dienone is 1. The molecule has 4 aromatic rings. The van der Waals surface area contributed by atoms with Crippen molar-refractivity contribution in [1.82, 2.24) is 20.2 Å². The minimum atomic E-state index is 0.915. The Morgan fingerprint density at radius 2 is 2.08 bits per heavy atom. The predicted molar refractivity (Wildman–Crippen MR) is 99.9 cm³/mol. The van der Waals surface area contributed by atoms with Crippen LogP contribution in [0.3, 0.4) is 0 Å². The van der Waals surface area contributed by atoms with Gasteiger partial charge in [0.05, 0.1) is 16.1 Å². The van der Waals surface area contributed by atoms with E-state index in [1.807, 2.05) is 31.3 Å². The number of aromatic amines is 1. The summed E-state index contributed by atoms with van der Waals surface area (Å²) in [6.07, 6.45) is 3.63. The van der Waals surface area contributed by atoms with E-state index in [4.69, 9.17) is 4.98 Å². The van der Waals surface area contributed by atoms with Crippen molar-refractivity contribution in [1.29, 1.82) is 0 Å². The second-order valence-corrected chi connectivity index (χ2v) is 6.79. The van der Waals surface area contributed by atoms with Crippen molar-refractivity contribution in [3.63, 3.8) is 0 Å². The molecule has 118 valence electrons. The zero-order valence-corrected chi connectivity index (χ0v) is 14.3. The van der Waals surface area contributed by atoms with Gasteiger partial charge < -0.3 is 0 Å². The fraction of sp³-hybridized carbons (Fsp3) is 0.105. The molecule has 0 aliphatic heterocycles. The van der Waals surface area contributed by atoms with E-state index < -0.39 is 0 Å². The van der Waals surface area contributed by atoms with Crippen molar-refractivity contribution in [2.75, 3.05) is 0 Å². The summed E-state index contributed by atoms with van der Waals surface area (Å²) in [5, 5.41) is 9.62. The highest BCUT2D eigenvalue weighted by atomic mass is 32.1. The maximum Gasteiger partial charge on any atom is 0.143 e. The molecule has 0 fully saturated rings. The van der Waals surface area contributed by atoms with Crippen LogP contribution < -0.4 is 0 Å². The molecule has 0 saturated heterocycles. The Morgan fingerprint density at radius 1 is 1.21 bits per heavy atom. The van der Waals surface area contributed by atoms with Crippen molar-refractivity contribution >= 4 is 27.8 Å². The molecule has 0 bridgehead atoms. The highest BCUT2D eigenvalue weighted by Gasteiger charge is 2.18. The molecule has 0 spiro atoms. The van der Waals surface area contributed by atoms with Gasteiger partial charge in [-0.05, 0) is 31.1 Å². The lowest BCUT2D eigenvalue weighted by molar-refractivity contribution is 1.11. The Hall–Kier alpha value is -2.79. The fourth-order valence-corrected chi connectivity index (χ4v) is 3.90. The van der Waals surface area contributed by atoms with E-state index >= 15 is 0 Å². The van der Waals surface area contributed by atoms with Crippen LogP contribution in [0.25, 0.3) is 37.6 Å². The SMILES string of the molecule is C=C(C)c1nc(-c2[nH]nc3c(C)cccc23)sc1-c1cccnc1. The van der Waals surface area contributed by atoms with Gasteiger partial charge in [0.2, 0.25) is 0 Å². The average Bonchev–Trinajstić information content (AvgIpc) is 3.20. The third-order valence-corrected chi connectivity index (χ3v) is 5.08. The summed E-state index contributed by atoms with van der Waals surface area (Å²) >= 11 is 1.64. The Labute approximate surface area is 143 Å². The van der Waals surface area contributed by atoms with Crippen LogP contribution >= 0.6 is 11.3 Å². The molecule has 24 heavy (non-hydrogen) atoms. The normalized spacial score (nSPS) is 11.1. The van der Waals surface area contributed by atoms with Crippen molar-refractivity contribution in [2.24, 2.45) is 0 Å². The number of H-pyrrole nitrogens is 1. The molecule has 0 saturated carbocycles. The van der Waals surface area contributed by atoms with E-state index in [0.717, 1.165) is 48.9 Å². The number of aryl methyl sites for hydroxylation is 1. The predicted octanol–water partition coefficient (Wildman–Crippen LogP) is 5.09. The van der Waals surface area contributed by atoms with E-state index in [9.17, 15) is 0 Å². The van der Waals surface area contributed by atoms with E-state index in [1.165, 1.54) is 0 Å². The molecule has 3 heterocycles. The number of rotatable bonds is 3. The first kappa shape index (κ1) is 14.8. The van der Waals surface area contributed by atoms with Crippen LogP contribution in [0.1, 0.15) is 18.2 Å². The fourth-order valence-electron chi connectivity index (χ4n) is 2.75. The van der Waals surface area contributed by atoms with Gasteiger partial charge in [-0.1, -0.05) is 30.8 Å². The van der Waals surface area contributed by atoms with Gasteiger partial charge in [0.1, 0.15) is 10.7 Å². The standard InChI is InChI=1S/C19H16N4S/c1-11(2)15-18(13-7-5-9-20-10-13)24-19(21-15)17-14-8-4-6-12(3)16(14)22-23-17/h4-10H,1H2,2-3H3,(H,22,23). The molecule has 1 N–H and O–H groups in total. The highest BCUT2D eigenvalue weighted by molar-refractivity contribution is 7.18. The molecule has 3 aromatic heterocycles. The molecule has 1 aromatic carbocycles. The minimum Gasteiger partial charge on any atom is -0.274 e. The smallest absolute Gasteiger partial charge is 0.143 e. The van der Waals surface area contributed by atoms with Gasteiger partial charge in [-0.15, -0.1) is 11.3 Å². The first-order valence-electron chi connectivity index (χ1n) is 7.66. The second-order valence-electron chi connectivity index (χ2n) is 5.79. The number of fused-ring (bicyclic) bond motifs is 1. The topological polar surface area (TPSA) is 54.5 Å². The Bertz CT molecular complexity index is 1040. The summed E-state index contributed by atoms with van der Waals surface area (Å²) in [5.74, 6) is 0. The van der Waals surface area contributed by atoms with Gasteiger partial charge in [0, 0.05) is 23.3 Å². The van der Waals surface area contributed by atoms with E-state index in [-0.39, 0.29) is 0 Å². The van der Waals surface area contributed by atoms with E-state index in [2.05, 4.69) is 40.8 Å². The highest BCUT2D eigenvalue weighted by Crippen LogP contribution is 2.39. The van der Waals surface area contributed by atoms with E-state index in [1.54, 1.807) is 17.5 Å². The van der Waals surface area contributed by atoms with Crippen molar-refractivity contribution < 1.29 is 0 Å². The van der Waals surface area contributed by atoms with E-state index in [0.29, 0.717) is 0 Å². The number of nitrogens with zero attached hydrogens (tertiary/aromatic N) is 3. The first-order chi connectivity index (χ1) is 11.6. The van der Waals surface area contributed by atoms with Crippen molar-refractivity contribution in [3.05, 3.63) is 60.6 Å². The quantitative estimate of drug-likeness (QED) is 0.568. The molecule has 5 heteroatoms. The Balaban J connectivity index is 1.93. The summed E-state index contributed by atoms with van der Waals surface area (Å²) < 4.78 is 0. The van der Waals surface area contributed by atoms with Crippen LogP contribution in [0.4, 0.5) is 0 Å². The molecule has 0 atom stereocenters. The molecule has 0 aliphatic rings. The molecule has 4 nitrogen and oxygen atoms in total. The summed E-state index contributed by atoms with van der Waals surface area (Å²) in [5.41, 5.74) is 6.01. The van der Waals surface area contributed by atoms with Gasteiger partial charge in [0.15, 0.2) is 0 Å². The number of hydrogen-bond acceptors (Lipinski definition) is 4. The average molecular weight is 332 g/mol. The maximum absolute atomic E-state index is 4.83. The van der Waals surface area contributed by atoms with Gasteiger partial charge in [0.25, 0.3) is 0 Å². The summed E-state index contributed by atoms with van der Waals surface area (Å²) in [6.45, 7) is 8.13. The molecule has 0 aliphatic carbocycles. The number of benzene rings is 1. The lowest BCUT2D eigenvalue weighted by atomic mass is 10.1. The zero-order valence-electron chi connectivity index (χ0n) is 13.5. The van der Waals surface area contributed by atoms with Crippen molar-refractivity contribution in [2.45, 2.75) is 13.8 Å². The largest absolute Gasteiger partial charge is 0.274 e. The third kappa shape index (κ3) is 2.34. The number of nitrogens with one attached hydrogen (secondary N) is 1. The minimum absolute atomic E-state index is 0.915. The second kappa shape index (κ2) is 5.69. The molecule has 0 amide bonds. The van der Waals surface area contributed by atoms with Gasteiger partial charge in [-0.25, -0.2) is 4.98 Å². The third-order valence-electron chi connectivity index (χ3n) is 3.96. The zero-order chi connectivity index (χ0) is 16.7. The monoisotopic (exact) mass is 332 g/mol. The van der Waals surface area contributed by atoms with Gasteiger partial charge in [-0.2, -0.15) is 5.10 Å². The summed E-state index contributed by atoms with van der Waals surface area (Å²) in [7, 11) is 0. The van der Waals surface area contributed by atoms with Crippen LogP contribution in [-0.4, -0.2) is 20.2 Å². The number of para-hydroxylation sites is 1. The van der Waals surface area contributed by atoms with Crippen LogP contribution in [0.2, 0.25) is 0 Å². The maximum atomic E-state index is 4.83. The number of hydrogen-bond donors (Lipinski definition) is 1. The summed E-state index contributed by atoms with van der Waals surface area (Å²) in [4.78, 5) is 10.1. The summed E-state index contributed by atoms with van der Waals surface area (Å²) in [6, 6.07) is 10.2. The molecular weight excluding hydrogens is 316 g/mol. The molecule has 0 unspecified atom stereocenters. The number of pyridine rings is 1. The Morgan fingerprint density at radius 3 is 2.83 bits per heavy atom. The van der Waals surface area contributed by atoms with Gasteiger partial charge in [-0.3, -0.25) is 10.1 Å². The van der Waals surface area contributed by atoms with Crippen LogP contribution in [0, 0.1) is 6.92 Å². The van der Waals surface area contributed by atoms with Crippen LogP contribution in [-0.2, 0) is 0 Å². The van der Waals surface area contributed by atoms with Gasteiger partial charge >= 0.3 is 0 Å². The first-order valence-corrected chi connectivity index (χ1v) is 8.48. The number of thiazole rings is 1. The lowest BCUT2D eigenvalue weighted by Crippen LogP contribution is -1.84. The van der Waals surface area contributed by atoms with Crippen molar-refractivity contribution in [3.8, 4) is 21.1 Å². The number of aromatic nitrogens is 4. The van der Waals surface area contributed by atoms with Crippen LogP contribution in [0.5, 0.6) is 0 Å². The molecular formula is C19H16N4S. The lowest BCUT2D eigenvalue weighted by Gasteiger charge is -1.99. The van der Waals surface area contributed by atoms with Crippen LogP contribution in [0.15, 0.2) is 49.3 Å².